The summed E-state index contributed by atoms with van der Waals surface area (Å²) in [6, 6.07) is 8.27. The SMILES string of the molecule is CCC1(CC)CN(CC(F)(F)c2ccccc2)C(C)CN1. The third-order valence-corrected chi connectivity index (χ3v) is 4.85. The Bertz CT molecular complexity index is 443. The van der Waals surface area contributed by atoms with Crippen LogP contribution in [-0.4, -0.2) is 36.1 Å². The van der Waals surface area contributed by atoms with Gasteiger partial charge in [0, 0.05) is 30.2 Å². The van der Waals surface area contributed by atoms with E-state index in [9.17, 15) is 8.78 Å². The van der Waals surface area contributed by atoms with Crippen molar-refractivity contribution in [3.05, 3.63) is 35.9 Å². The smallest absolute Gasteiger partial charge is 0.285 e. The van der Waals surface area contributed by atoms with Crippen LogP contribution in [0.15, 0.2) is 30.3 Å². The highest BCUT2D eigenvalue weighted by Gasteiger charge is 2.41. The average Bonchev–Trinajstić information content (AvgIpc) is 2.50. The van der Waals surface area contributed by atoms with E-state index in [2.05, 4.69) is 19.2 Å². The van der Waals surface area contributed by atoms with Gasteiger partial charge in [0.1, 0.15) is 0 Å². The standard InChI is InChI=1S/C17H26F2N2/c1-4-16(5-2)12-21(14(3)11-20-16)13-17(18,19)15-9-7-6-8-10-15/h6-10,14,20H,4-5,11-13H2,1-3H3. The number of nitrogens with zero attached hydrogens (tertiary/aromatic N) is 1. The Morgan fingerprint density at radius 3 is 2.43 bits per heavy atom. The minimum atomic E-state index is -2.81. The van der Waals surface area contributed by atoms with Crippen LogP contribution in [0.4, 0.5) is 8.78 Å². The fraction of sp³-hybridized carbons (Fsp3) is 0.647. The summed E-state index contributed by atoms with van der Waals surface area (Å²) in [6.07, 6.45) is 1.92. The third kappa shape index (κ3) is 3.61. The van der Waals surface area contributed by atoms with Gasteiger partial charge >= 0.3 is 0 Å². The van der Waals surface area contributed by atoms with Crippen LogP contribution in [0.1, 0.15) is 39.2 Å². The van der Waals surface area contributed by atoms with E-state index in [0.717, 1.165) is 19.4 Å². The molecule has 1 aliphatic heterocycles. The zero-order chi connectivity index (χ0) is 15.5. The summed E-state index contributed by atoms with van der Waals surface area (Å²) in [6.45, 7) is 7.51. The van der Waals surface area contributed by atoms with E-state index in [1.54, 1.807) is 18.2 Å². The van der Waals surface area contributed by atoms with Crippen molar-refractivity contribution in [1.82, 2.24) is 10.2 Å². The molecule has 0 saturated carbocycles. The van der Waals surface area contributed by atoms with Crippen LogP contribution >= 0.6 is 0 Å². The van der Waals surface area contributed by atoms with E-state index in [1.807, 2.05) is 11.8 Å². The molecule has 1 atom stereocenters. The fourth-order valence-corrected chi connectivity index (χ4v) is 3.06. The minimum Gasteiger partial charge on any atom is -0.308 e. The van der Waals surface area contributed by atoms with Crippen LogP contribution in [0.3, 0.4) is 0 Å². The molecule has 2 nitrogen and oxygen atoms in total. The zero-order valence-corrected chi connectivity index (χ0v) is 13.2. The number of rotatable bonds is 5. The second kappa shape index (κ2) is 6.41. The molecule has 0 spiro atoms. The predicted molar refractivity (Wildman–Crippen MR) is 82.7 cm³/mol. The molecule has 0 bridgehead atoms. The molecule has 4 heteroatoms. The molecule has 0 aliphatic carbocycles. The van der Waals surface area contributed by atoms with Gasteiger partial charge < -0.3 is 5.32 Å². The normalized spacial score (nSPS) is 23.2. The van der Waals surface area contributed by atoms with Crippen molar-refractivity contribution in [1.29, 1.82) is 0 Å². The number of alkyl halides is 2. The van der Waals surface area contributed by atoms with E-state index < -0.39 is 5.92 Å². The van der Waals surface area contributed by atoms with Crippen LogP contribution in [0, 0.1) is 0 Å². The molecule has 0 amide bonds. The zero-order valence-electron chi connectivity index (χ0n) is 13.2. The Morgan fingerprint density at radius 2 is 1.86 bits per heavy atom. The quantitative estimate of drug-likeness (QED) is 0.892. The molecule has 1 aromatic carbocycles. The van der Waals surface area contributed by atoms with Gasteiger partial charge in [0.25, 0.3) is 5.92 Å². The molecule has 1 unspecified atom stereocenters. The maximum Gasteiger partial charge on any atom is 0.285 e. The van der Waals surface area contributed by atoms with Crippen LogP contribution < -0.4 is 5.32 Å². The summed E-state index contributed by atoms with van der Waals surface area (Å²) in [7, 11) is 0. The monoisotopic (exact) mass is 296 g/mol. The minimum absolute atomic E-state index is 0.0285. The number of benzene rings is 1. The first-order chi connectivity index (χ1) is 9.92. The van der Waals surface area contributed by atoms with Crippen molar-refractivity contribution < 1.29 is 8.78 Å². The van der Waals surface area contributed by atoms with Crippen molar-refractivity contribution in [2.24, 2.45) is 0 Å². The molecular formula is C17H26F2N2. The molecular weight excluding hydrogens is 270 g/mol. The molecule has 1 aromatic rings. The third-order valence-electron chi connectivity index (χ3n) is 4.85. The van der Waals surface area contributed by atoms with Crippen molar-refractivity contribution in [3.63, 3.8) is 0 Å². The van der Waals surface area contributed by atoms with Gasteiger partial charge in [0.15, 0.2) is 0 Å². The number of hydrogen-bond acceptors (Lipinski definition) is 2. The molecule has 118 valence electrons. The van der Waals surface area contributed by atoms with Crippen molar-refractivity contribution in [3.8, 4) is 0 Å². The van der Waals surface area contributed by atoms with E-state index in [1.165, 1.54) is 12.1 Å². The second-order valence-electron chi connectivity index (χ2n) is 6.19. The number of hydrogen-bond donors (Lipinski definition) is 1. The first kappa shape index (κ1) is 16.4. The summed E-state index contributed by atoms with van der Waals surface area (Å²) in [5, 5.41) is 3.55. The topological polar surface area (TPSA) is 15.3 Å². The first-order valence-corrected chi connectivity index (χ1v) is 7.85. The lowest BCUT2D eigenvalue weighted by atomic mass is 9.88. The Balaban J connectivity index is 2.13. The van der Waals surface area contributed by atoms with Crippen molar-refractivity contribution in [2.45, 2.75) is 51.1 Å². The molecule has 1 saturated heterocycles. The summed E-state index contributed by atoms with van der Waals surface area (Å²) >= 11 is 0. The lowest BCUT2D eigenvalue weighted by Gasteiger charge is -2.47. The number of nitrogens with one attached hydrogen (secondary N) is 1. The molecule has 1 aliphatic rings. The van der Waals surface area contributed by atoms with Gasteiger partial charge in [-0.2, -0.15) is 8.78 Å². The Labute approximate surface area is 126 Å². The second-order valence-corrected chi connectivity index (χ2v) is 6.19. The van der Waals surface area contributed by atoms with E-state index in [0.29, 0.717) is 6.54 Å². The molecule has 2 rings (SSSR count). The van der Waals surface area contributed by atoms with E-state index in [-0.39, 0.29) is 23.7 Å². The van der Waals surface area contributed by atoms with E-state index >= 15 is 0 Å². The highest BCUT2D eigenvalue weighted by Crippen LogP contribution is 2.32. The van der Waals surface area contributed by atoms with Gasteiger partial charge in [0.05, 0.1) is 6.54 Å². The Morgan fingerprint density at radius 1 is 1.24 bits per heavy atom. The van der Waals surface area contributed by atoms with Gasteiger partial charge in [0.2, 0.25) is 0 Å². The van der Waals surface area contributed by atoms with Crippen LogP contribution in [0.2, 0.25) is 0 Å². The number of piperazine rings is 1. The molecule has 0 radical (unpaired) electrons. The van der Waals surface area contributed by atoms with Gasteiger partial charge in [-0.25, -0.2) is 0 Å². The van der Waals surface area contributed by atoms with Crippen LogP contribution in [0.5, 0.6) is 0 Å². The van der Waals surface area contributed by atoms with Crippen LogP contribution in [0.25, 0.3) is 0 Å². The lowest BCUT2D eigenvalue weighted by molar-refractivity contribution is -0.0627. The largest absolute Gasteiger partial charge is 0.308 e. The molecule has 21 heavy (non-hydrogen) atoms. The Hall–Kier alpha value is -1.00. The summed E-state index contributed by atoms with van der Waals surface area (Å²) < 4.78 is 29.0. The maximum atomic E-state index is 14.5. The lowest BCUT2D eigenvalue weighted by Crippen LogP contribution is -2.64. The number of halogens is 2. The first-order valence-electron chi connectivity index (χ1n) is 7.85. The van der Waals surface area contributed by atoms with Crippen molar-refractivity contribution >= 4 is 0 Å². The maximum absolute atomic E-state index is 14.5. The fourth-order valence-electron chi connectivity index (χ4n) is 3.06. The molecule has 0 aromatic heterocycles. The molecule has 1 N–H and O–H groups in total. The molecule has 1 fully saturated rings. The highest BCUT2D eigenvalue weighted by atomic mass is 19.3. The summed E-state index contributed by atoms with van der Waals surface area (Å²) in [5.74, 6) is -2.81. The van der Waals surface area contributed by atoms with Gasteiger partial charge in [-0.1, -0.05) is 44.2 Å². The predicted octanol–water partition coefficient (Wildman–Crippen LogP) is 3.63. The van der Waals surface area contributed by atoms with Gasteiger partial charge in [-0.05, 0) is 19.8 Å². The van der Waals surface area contributed by atoms with Gasteiger partial charge in [-0.3, -0.25) is 4.90 Å². The van der Waals surface area contributed by atoms with Gasteiger partial charge in [-0.15, -0.1) is 0 Å². The Kier molecular flexibility index (Phi) is 4.99. The highest BCUT2D eigenvalue weighted by molar-refractivity contribution is 5.20. The average molecular weight is 296 g/mol. The van der Waals surface area contributed by atoms with Crippen LogP contribution in [-0.2, 0) is 5.92 Å². The molecule has 1 heterocycles. The van der Waals surface area contributed by atoms with Crippen molar-refractivity contribution in [2.75, 3.05) is 19.6 Å². The summed E-state index contributed by atoms with van der Waals surface area (Å²) in [4.78, 5) is 1.94. The van der Waals surface area contributed by atoms with E-state index in [4.69, 9.17) is 0 Å². The summed E-state index contributed by atoms with van der Waals surface area (Å²) in [5.41, 5.74) is 0.0774.